The lowest BCUT2D eigenvalue weighted by Crippen LogP contribution is -2.55. The van der Waals surface area contributed by atoms with Crippen LogP contribution in [-0.4, -0.2) is 50.3 Å². The Morgan fingerprint density at radius 1 is 1.11 bits per heavy atom. The number of carbonyl (C=O) groups is 3. The molecule has 0 radical (unpaired) electrons. The van der Waals surface area contributed by atoms with E-state index in [1.54, 1.807) is 42.6 Å². The highest BCUT2D eigenvalue weighted by atomic mass is 16.4. The van der Waals surface area contributed by atoms with Crippen molar-refractivity contribution < 1.29 is 19.5 Å². The molecule has 1 aromatic heterocycles. The van der Waals surface area contributed by atoms with Gasteiger partial charge in [0.15, 0.2) is 0 Å². The summed E-state index contributed by atoms with van der Waals surface area (Å²) in [7, 11) is 0. The van der Waals surface area contributed by atoms with E-state index in [1.165, 1.54) is 22.2 Å². The van der Waals surface area contributed by atoms with Crippen molar-refractivity contribution in [3.63, 3.8) is 0 Å². The number of carboxylic acid groups (broad SMARTS) is 1. The minimum absolute atomic E-state index is 0.205. The summed E-state index contributed by atoms with van der Waals surface area (Å²) in [6, 6.07) is 11.3. The van der Waals surface area contributed by atoms with Crippen LogP contribution in [0.1, 0.15) is 29.8 Å². The molecule has 1 aliphatic rings. The van der Waals surface area contributed by atoms with Gasteiger partial charge in [0.25, 0.3) is 11.8 Å². The van der Waals surface area contributed by atoms with E-state index in [1.807, 2.05) is 19.9 Å². The monoisotopic (exact) mass is 379 g/mol. The predicted octanol–water partition coefficient (Wildman–Crippen LogP) is 2.47. The van der Waals surface area contributed by atoms with Crippen LogP contribution in [0.5, 0.6) is 0 Å². The van der Waals surface area contributed by atoms with Gasteiger partial charge < -0.3 is 10.0 Å². The molecule has 2 aromatic rings. The Hall–Kier alpha value is -3.48. The molecule has 0 bridgehead atoms. The smallest absolute Gasteiger partial charge is 0.323 e. The molecule has 28 heavy (non-hydrogen) atoms. The first kappa shape index (κ1) is 19.3. The third-order valence-electron chi connectivity index (χ3n) is 4.53. The van der Waals surface area contributed by atoms with E-state index in [0.29, 0.717) is 16.8 Å². The maximum absolute atomic E-state index is 13.2. The standard InChI is InChI=1S/C21H21N3O4/c1-14(2)19-21(28)23(13-18(25)26)17(15-6-4-3-5-7-15)12-24(19)20(27)16-8-10-22-11-9-16/h3-12,14,19H,13H2,1-2H3,(H,25,26)/t19-/m1/s1. The van der Waals surface area contributed by atoms with E-state index in [4.69, 9.17) is 0 Å². The van der Waals surface area contributed by atoms with Crippen LogP contribution in [0.15, 0.2) is 61.1 Å². The number of hydrogen-bond acceptors (Lipinski definition) is 4. The number of benzene rings is 1. The molecule has 0 spiro atoms. The summed E-state index contributed by atoms with van der Waals surface area (Å²) in [6.07, 6.45) is 4.61. The van der Waals surface area contributed by atoms with Gasteiger partial charge in [0.1, 0.15) is 12.6 Å². The number of amides is 2. The molecule has 7 nitrogen and oxygen atoms in total. The lowest BCUT2D eigenvalue weighted by Gasteiger charge is -2.40. The van der Waals surface area contributed by atoms with E-state index in [-0.39, 0.29) is 11.8 Å². The second-order valence-electron chi connectivity index (χ2n) is 6.84. The molecule has 0 fully saturated rings. The zero-order valence-electron chi connectivity index (χ0n) is 15.6. The summed E-state index contributed by atoms with van der Waals surface area (Å²) in [5.41, 5.74) is 1.45. The number of pyridine rings is 1. The Bertz CT molecular complexity index is 910. The van der Waals surface area contributed by atoms with Crippen LogP contribution < -0.4 is 0 Å². The first-order valence-electron chi connectivity index (χ1n) is 8.93. The Labute approximate surface area is 162 Å². The van der Waals surface area contributed by atoms with Crippen molar-refractivity contribution >= 4 is 23.5 Å². The summed E-state index contributed by atoms with van der Waals surface area (Å²) >= 11 is 0. The first-order chi connectivity index (χ1) is 13.4. The molecule has 0 aliphatic carbocycles. The van der Waals surface area contributed by atoms with Crippen LogP contribution in [-0.2, 0) is 9.59 Å². The topological polar surface area (TPSA) is 90.8 Å². The minimum Gasteiger partial charge on any atom is -0.480 e. The van der Waals surface area contributed by atoms with Crippen LogP contribution >= 0.6 is 0 Å². The molecule has 3 rings (SSSR count). The molecule has 1 N–H and O–H groups in total. The number of aliphatic carboxylic acids is 1. The fourth-order valence-electron chi connectivity index (χ4n) is 3.25. The average molecular weight is 379 g/mol. The SMILES string of the molecule is CC(C)[C@@H]1C(=O)N(CC(=O)O)C(c2ccccc2)=CN1C(=O)c1ccncc1. The Morgan fingerprint density at radius 2 is 1.75 bits per heavy atom. The van der Waals surface area contributed by atoms with Crippen molar-refractivity contribution in [2.24, 2.45) is 5.92 Å². The van der Waals surface area contributed by atoms with Gasteiger partial charge in [-0.05, 0) is 23.6 Å². The molecular weight excluding hydrogens is 358 g/mol. The highest BCUT2D eigenvalue weighted by Crippen LogP contribution is 2.30. The fourth-order valence-corrected chi connectivity index (χ4v) is 3.25. The van der Waals surface area contributed by atoms with Crippen molar-refractivity contribution in [3.05, 3.63) is 72.2 Å². The van der Waals surface area contributed by atoms with Crippen LogP contribution in [0.4, 0.5) is 0 Å². The van der Waals surface area contributed by atoms with Crippen LogP contribution in [0.2, 0.25) is 0 Å². The van der Waals surface area contributed by atoms with Crippen molar-refractivity contribution in [1.29, 1.82) is 0 Å². The molecule has 1 aromatic carbocycles. The van der Waals surface area contributed by atoms with Gasteiger partial charge in [-0.15, -0.1) is 0 Å². The summed E-state index contributed by atoms with van der Waals surface area (Å²) in [5, 5.41) is 9.32. The third kappa shape index (κ3) is 3.78. The molecule has 0 saturated heterocycles. The molecule has 7 heteroatoms. The number of rotatable bonds is 5. The van der Waals surface area contributed by atoms with Gasteiger partial charge in [-0.3, -0.25) is 24.3 Å². The Balaban J connectivity index is 2.14. The van der Waals surface area contributed by atoms with Crippen molar-refractivity contribution in [1.82, 2.24) is 14.8 Å². The second-order valence-corrected chi connectivity index (χ2v) is 6.84. The normalized spacial score (nSPS) is 16.9. The number of carbonyl (C=O) groups excluding carboxylic acids is 2. The van der Waals surface area contributed by atoms with E-state index in [2.05, 4.69) is 4.98 Å². The number of carboxylic acids is 1. The third-order valence-corrected chi connectivity index (χ3v) is 4.53. The molecular formula is C21H21N3O4. The number of nitrogens with zero attached hydrogens (tertiary/aromatic N) is 3. The van der Waals surface area contributed by atoms with E-state index in [0.717, 1.165) is 0 Å². The molecule has 144 valence electrons. The Kier molecular flexibility index (Phi) is 5.54. The summed E-state index contributed by atoms with van der Waals surface area (Å²) in [6.45, 7) is 3.19. The zero-order valence-corrected chi connectivity index (χ0v) is 15.6. The first-order valence-corrected chi connectivity index (χ1v) is 8.93. The predicted molar refractivity (Wildman–Crippen MR) is 103 cm³/mol. The highest BCUT2D eigenvalue weighted by Gasteiger charge is 2.41. The maximum Gasteiger partial charge on any atom is 0.323 e. The Morgan fingerprint density at radius 3 is 2.32 bits per heavy atom. The lowest BCUT2D eigenvalue weighted by atomic mass is 9.96. The van der Waals surface area contributed by atoms with Crippen molar-refractivity contribution in [2.75, 3.05) is 6.54 Å². The zero-order chi connectivity index (χ0) is 20.3. The summed E-state index contributed by atoms with van der Waals surface area (Å²) < 4.78 is 0. The van der Waals surface area contributed by atoms with Gasteiger partial charge in [0.05, 0.1) is 5.70 Å². The maximum atomic E-state index is 13.2. The second kappa shape index (κ2) is 8.04. The van der Waals surface area contributed by atoms with E-state index < -0.39 is 24.5 Å². The van der Waals surface area contributed by atoms with Crippen molar-refractivity contribution in [3.8, 4) is 0 Å². The van der Waals surface area contributed by atoms with E-state index in [9.17, 15) is 19.5 Å². The largest absolute Gasteiger partial charge is 0.480 e. The van der Waals surface area contributed by atoms with Crippen LogP contribution in [0.25, 0.3) is 5.70 Å². The van der Waals surface area contributed by atoms with Crippen LogP contribution in [0, 0.1) is 5.92 Å². The average Bonchev–Trinajstić information content (AvgIpc) is 2.69. The number of aromatic nitrogens is 1. The van der Waals surface area contributed by atoms with Gasteiger partial charge in [-0.2, -0.15) is 0 Å². The number of hydrogen-bond donors (Lipinski definition) is 1. The lowest BCUT2D eigenvalue weighted by molar-refractivity contribution is -0.144. The van der Waals surface area contributed by atoms with Gasteiger partial charge in [0.2, 0.25) is 0 Å². The molecule has 2 amide bonds. The summed E-state index contributed by atoms with van der Waals surface area (Å²) in [5.74, 6) is -2.08. The minimum atomic E-state index is -1.12. The van der Waals surface area contributed by atoms with Gasteiger partial charge in [-0.1, -0.05) is 44.2 Å². The molecule has 2 heterocycles. The highest BCUT2D eigenvalue weighted by molar-refractivity contribution is 6.03. The molecule has 0 unspecified atom stereocenters. The fraction of sp³-hybridized carbons (Fsp3) is 0.238. The molecule has 0 saturated carbocycles. The van der Waals surface area contributed by atoms with E-state index >= 15 is 0 Å². The molecule has 1 atom stereocenters. The summed E-state index contributed by atoms with van der Waals surface area (Å²) in [4.78, 5) is 44.3. The quantitative estimate of drug-likeness (QED) is 0.862. The van der Waals surface area contributed by atoms with Crippen molar-refractivity contribution in [2.45, 2.75) is 19.9 Å². The van der Waals surface area contributed by atoms with Gasteiger partial charge >= 0.3 is 5.97 Å². The van der Waals surface area contributed by atoms with Crippen LogP contribution in [0.3, 0.4) is 0 Å². The van der Waals surface area contributed by atoms with Gasteiger partial charge in [0, 0.05) is 24.2 Å². The van der Waals surface area contributed by atoms with Gasteiger partial charge in [-0.25, -0.2) is 0 Å². The molecule has 1 aliphatic heterocycles.